The molecule has 0 aromatic heterocycles. The maximum atomic E-state index is 11.0. The molecule has 0 amide bonds. The Labute approximate surface area is 253 Å². The van der Waals surface area contributed by atoms with Gasteiger partial charge in [-0.25, -0.2) is 4.79 Å². The van der Waals surface area contributed by atoms with Crippen molar-refractivity contribution in [3.05, 3.63) is 66.6 Å². The third kappa shape index (κ3) is 8.44. The van der Waals surface area contributed by atoms with Crippen LogP contribution in [-0.4, -0.2) is 53.7 Å². The van der Waals surface area contributed by atoms with E-state index in [0.29, 0.717) is 17.1 Å². The van der Waals surface area contributed by atoms with E-state index >= 15 is 0 Å². The molecule has 0 unspecified atom stereocenters. The monoisotopic (exact) mass is 684 g/mol. The quantitative estimate of drug-likeness (QED) is 0.269. The van der Waals surface area contributed by atoms with Gasteiger partial charge in [0.1, 0.15) is 40.1 Å². The van der Waals surface area contributed by atoms with Crippen molar-refractivity contribution < 1.29 is 38.3 Å². The number of carboxylic acids is 1. The van der Waals surface area contributed by atoms with Gasteiger partial charge in [-0.3, -0.25) is 0 Å². The van der Waals surface area contributed by atoms with E-state index in [1.165, 1.54) is 14.2 Å². The second-order valence-electron chi connectivity index (χ2n) is 8.56. The van der Waals surface area contributed by atoms with Crippen LogP contribution in [0.25, 0.3) is 0 Å². The van der Waals surface area contributed by atoms with Gasteiger partial charge >= 0.3 is 5.97 Å². The van der Waals surface area contributed by atoms with E-state index in [4.69, 9.17) is 33.5 Å². The number of aromatic carboxylic acids is 1. The lowest BCUT2D eigenvalue weighted by Crippen LogP contribution is -2.06. The van der Waals surface area contributed by atoms with Crippen molar-refractivity contribution in [3.63, 3.8) is 0 Å². The summed E-state index contributed by atoms with van der Waals surface area (Å²) < 4.78 is 32.8. The van der Waals surface area contributed by atoms with Crippen molar-refractivity contribution in [3.8, 4) is 34.5 Å². The van der Waals surface area contributed by atoms with Crippen molar-refractivity contribution >= 4 is 37.8 Å². The lowest BCUT2D eigenvalue weighted by atomic mass is 10.0. The molecule has 0 saturated carbocycles. The molecule has 3 aromatic carbocycles. The third-order valence-electron chi connectivity index (χ3n) is 5.96. The Hall–Kier alpha value is -3.11. The number of rotatable bonds is 7. The van der Waals surface area contributed by atoms with Crippen LogP contribution in [0.5, 0.6) is 34.5 Å². The normalized spacial score (nSPS) is 9.82. The lowest BCUT2D eigenvalue weighted by Gasteiger charge is -2.14. The summed E-state index contributed by atoms with van der Waals surface area (Å²) in [6, 6.07) is 7.43. The molecule has 10 heteroatoms. The number of benzene rings is 3. The fourth-order valence-corrected chi connectivity index (χ4v) is 5.27. The maximum Gasteiger partial charge on any atom is 0.339 e. The van der Waals surface area contributed by atoms with Crippen molar-refractivity contribution in [2.75, 3.05) is 42.7 Å². The Kier molecular flexibility index (Phi) is 14.2. The summed E-state index contributed by atoms with van der Waals surface area (Å²) in [5, 5.41) is 9.05. The van der Waals surface area contributed by atoms with Crippen molar-refractivity contribution in [2.45, 2.75) is 34.6 Å². The number of hydrogen-bond donors (Lipinski definition) is 1. The van der Waals surface area contributed by atoms with Crippen LogP contribution in [0, 0.1) is 34.6 Å². The molecule has 220 valence electrons. The van der Waals surface area contributed by atoms with E-state index in [9.17, 15) is 4.79 Å². The fourth-order valence-electron chi connectivity index (χ4n) is 4.11. The highest BCUT2D eigenvalue weighted by Crippen LogP contribution is 2.37. The molecule has 40 heavy (non-hydrogen) atoms. The fraction of sp³-hybridized carbons (Fsp3) is 0.367. The van der Waals surface area contributed by atoms with Crippen LogP contribution in [0.15, 0.2) is 33.2 Å². The summed E-state index contributed by atoms with van der Waals surface area (Å²) in [7, 11) is 9.60. The molecule has 0 fully saturated rings. The van der Waals surface area contributed by atoms with E-state index in [1.807, 2.05) is 45.9 Å². The summed E-state index contributed by atoms with van der Waals surface area (Å²) in [4.78, 5) is 11.0. The third-order valence-corrected chi connectivity index (χ3v) is 7.54. The average molecular weight is 686 g/mol. The van der Waals surface area contributed by atoms with Crippen molar-refractivity contribution in [1.29, 1.82) is 0 Å². The topological polar surface area (TPSA) is 92.7 Å². The second kappa shape index (κ2) is 16.2. The van der Waals surface area contributed by atoms with Gasteiger partial charge in [0.2, 0.25) is 0 Å². The maximum absolute atomic E-state index is 11.0. The Bertz CT molecular complexity index is 1300. The first-order chi connectivity index (χ1) is 18.8. The molecule has 3 aromatic rings. The number of carbonyl (C=O) groups is 1. The molecule has 0 spiro atoms. The highest BCUT2D eigenvalue weighted by molar-refractivity contribution is 9.11. The van der Waals surface area contributed by atoms with Crippen molar-refractivity contribution in [2.24, 2.45) is 0 Å². The highest BCUT2D eigenvalue weighted by Gasteiger charge is 2.19. The molecule has 0 aliphatic heterocycles. The summed E-state index contributed by atoms with van der Waals surface area (Å²) in [6.45, 7) is 9.53. The molecule has 0 aliphatic rings. The number of methoxy groups -OCH3 is 6. The first kappa shape index (κ1) is 34.9. The van der Waals surface area contributed by atoms with Crippen LogP contribution in [0.2, 0.25) is 0 Å². The zero-order chi connectivity index (χ0) is 30.7. The number of aryl methyl sites for hydroxylation is 3. The molecular weight excluding hydrogens is 648 g/mol. The number of carboxylic acid groups (broad SMARTS) is 1. The molecule has 0 saturated heterocycles. The van der Waals surface area contributed by atoms with Gasteiger partial charge < -0.3 is 33.5 Å². The number of halogens is 2. The van der Waals surface area contributed by atoms with Crippen LogP contribution >= 0.6 is 31.9 Å². The van der Waals surface area contributed by atoms with Gasteiger partial charge in [-0.1, -0.05) is 0 Å². The molecule has 0 aliphatic carbocycles. The minimum absolute atomic E-state index is 0.153. The summed E-state index contributed by atoms with van der Waals surface area (Å²) in [6.07, 6.45) is 0. The van der Waals surface area contributed by atoms with E-state index in [2.05, 4.69) is 31.9 Å². The van der Waals surface area contributed by atoms with E-state index < -0.39 is 5.97 Å². The largest absolute Gasteiger partial charge is 0.497 e. The van der Waals surface area contributed by atoms with Gasteiger partial charge in [-0.05, 0) is 107 Å². The van der Waals surface area contributed by atoms with E-state index in [0.717, 1.165) is 54.2 Å². The van der Waals surface area contributed by atoms with Crippen LogP contribution in [0.4, 0.5) is 0 Å². The van der Waals surface area contributed by atoms with Crippen LogP contribution < -0.4 is 28.4 Å². The molecule has 0 bridgehead atoms. The van der Waals surface area contributed by atoms with Gasteiger partial charge in [0, 0.05) is 11.1 Å². The first-order valence-electron chi connectivity index (χ1n) is 12.0. The van der Waals surface area contributed by atoms with Gasteiger partial charge in [0.15, 0.2) is 0 Å². The summed E-state index contributed by atoms with van der Waals surface area (Å²) >= 11 is 6.86. The van der Waals surface area contributed by atoms with Gasteiger partial charge in [0.05, 0.1) is 51.6 Å². The number of hydrogen-bond acceptors (Lipinski definition) is 7. The first-order valence-corrected chi connectivity index (χ1v) is 13.6. The highest BCUT2D eigenvalue weighted by atomic mass is 79.9. The standard InChI is InChI=1S/C11H14O4.C10H13BrO2.C9H11BrO2/c1-6-5-8(14-3)9(11(12)13)7(2)10(6)15-4;1-6-5-8(12-3)9(11)7(2)10(6)13-4;1-6-4-7(11-2)5-8(10)9(6)12-3/h5H,1-4H3,(H,12,13);5H,1-4H3;4-5H,1-3H3. The minimum Gasteiger partial charge on any atom is -0.497 e. The zero-order valence-electron chi connectivity index (χ0n) is 24.9. The number of ether oxygens (including phenoxy) is 6. The van der Waals surface area contributed by atoms with E-state index in [-0.39, 0.29) is 5.56 Å². The van der Waals surface area contributed by atoms with Crippen molar-refractivity contribution in [1.82, 2.24) is 0 Å². The zero-order valence-corrected chi connectivity index (χ0v) is 28.0. The average Bonchev–Trinajstić information content (AvgIpc) is 2.91. The second-order valence-corrected chi connectivity index (χ2v) is 10.2. The summed E-state index contributed by atoms with van der Waals surface area (Å²) in [5.74, 6) is 3.38. The molecule has 1 N–H and O–H groups in total. The molecule has 0 atom stereocenters. The molecule has 3 rings (SSSR count). The van der Waals surface area contributed by atoms with Gasteiger partial charge in [-0.2, -0.15) is 0 Å². The molecule has 0 heterocycles. The molecular formula is C30H38Br2O8. The smallest absolute Gasteiger partial charge is 0.339 e. The van der Waals surface area contributed by atoms with Crippen LogP contribution in [0.3, 0.4) is 0 Å². The lowest BCUT2D eigenvalue weighted by molar-refractivity contribution is 0.0692. The molecule has 8 nitrogen and oxygen atoms in total. The Balaban J connectivity index is 0.000000302. The minimum atomic E-state index is -1.01. The van der Waals surface area contributed by atoms with Crippen LogP contribution in [0.1, 0.15) is 38.2 Å². The predicted octanol–water partition coefficient (Wildman–Crippen LogP) is 7.88. The van der Waals surface area contributed by atoms with Crippen LogP contribution in [-0.2, 0) is 0 Å². The SMILES string of the molecule is COc1cc(C)c(OC)c(Br)c1.COc1cc(C)c(OC)c(C)c1Br.COc1cc(C)c(OC)c(C)c1C(=O)O. The van der Waals surface area contributed by atoms with Gasteiger partial charge in [0.25, 0.3) is 0 Å². The Morgan fingerprint density at radius 2 is 1.05 bits per heavy atom. The Morgan fingerprint density at radius 3 is 1.45 bits per heavy atom. The summed E-state index contributed by atoms with van der Waals surface area (Å²) in [5.41, 5.74) is 4.81. The predicted molar refractivity (Wildman–Crippen MR) is 165 cm³/mol. The molecule has 0 radical (unpaired) electrons. The van der Waals surface area contributed by atoms with E-state index in [1.54, 1.807) is 41.4 Å². The van der Waals surface area contributed by atoms with Gasteiger partial charge in [-0.15, -0.1) is 0 Å². The Morgan fingerprint density at radius 1 is 0.600 bits per heavy atom.